The second-order valence-electron chi connectivity index (χ2n) is 5.67. The molecule has 1 amide bonds. The molecule has 1 rings (SSSR count). The molecular formula is C13H20N2O3S. The molecule has 3 N–H and O–H groups in total. The third-order valence-corrected chi connectivity index (χ3v) is 3.71. The standard InChI is InChI=1S/C13H20N2O3S/c1-8-6-10(12(16)15-13(3,4)5)7-11(9(8)2)19(14,17)18/h6-7H,1-5H3,(H,15,16)(H2,14,17,18). The molecular weight excluding hydrogens is 264 g/mol. The molecule has 0 spiro atoms. The number of nitrogens with one attached hydrogen (secondary N) is 1. The fourth-order valence-electron chi connectivity index (χ4n) is 1.67. The zero-order valence-corrected chi connectivity index (χ0v) is 12.7. The molecule has 0 aliphatic carbocycles. The average Bonchev–Trinajstić information content (AvgIpc) is 2.17. The number of carbonyl (C=O) groups excluding carboxylic acids is 1. The van der Waals surface area contributed by atoms with Crippen LogP contribution in [0.1, 0.15) is 42.3 Å². The van der Waals surface area contributed by atoms with Crippen LogP contribution in [0.25, 0.3) is 0 Å². The van der Waals surface area contributed by atoms with Crippen LogP contribution in [-0.4, -0.2) is 19.9 Å². The quantitative estimate of drug-likeness (QED) is 0.862. The Morgan fingerprint density at radius 3 is 2.16 bits per heavy atom. The zero-order valence-electron chi connectivity index (χ0n) is 11.9. The molecule has 0 unspecified atom stereocenters. The summed E-state index contributed by atoms with van der Waals surface area (Å²) >= 11 is 0. The molecule has 0 bridgehead atoms. The summed E-state index contributed by atoms with van der Waals surface area (Å²) in [7, 11) is -3.84. The summed E-state index contributed by atoms with van der Waals surface area (Å²) in [4.78, 5) is 12.0. The van der Waals surface area contributed by atoms with Crippen LogP contribution < -0.4 is 10.5 Å². The number of primary sulfonamides is 1. The first-order chi connectivity index (χ1) is 8.42. The van der Waals surface area contributed by atoms with Gasteiger partial charge >= 0.3 is 0 Å². The molecule has 1 aromatic rings. The number of amides is 1. The van der Waals surface area contributed by atoms with Gasteiger partial charge in [0.05, 0.1) is 4.90 Å². The Labute approximate surface area is 114 Å². The van der Waals surface area contributed by atoms with Gasteiger partial charge in [-0.15, -0.1) is 0 Å². The van der Waals surface area contributed by atoms with Gasteiger partial charge in [-0.25, -0.2) is 13.6 Å². The number of sulfonamides is 1. The van der Waals surface area contributed by atoms with Gasteiger partial charge in [-0.05, 0) is 57.9 Å². The maximum absolute atomic E-state index is 12.1. The van der Waals surface area contributed by atoms with Crippen molar-refractivity contribution in [3.63, 3.8) is 0 Å². The maximum Gasteiger partial charge on any atom is 0.251 e. The molecule has 106 valence electrons. The van der Waals surface area contributed by atoms with E-state index in [0.29, 0.717) is 16.7 Å². The first-order valence-electron chi connectivity index (χ1n) is 5.88. The van der Waals surface area contributed by atoms with Crippen LogP contribution in [-0.2, 0) is 10.0 Å². The van der Waals surface area contributed by atoms with Crippen molar-refractivity contribution in [3.8, 4) is 0 Å². The van der Waals surface area contributed by atoms with Gasteiger partial charge in [0.25, 0.3) is 5.91 Å². The average molecular weight is 284 g/mol. The Hall–Kier alpha value is -1.40. The lowest BCUT2D eigenvalue weighted by Gasteiger charge is -2.21. The fourth-order valence-corrected chi connectivity index (χ4v) is 2.55. The van der Waals surface area contributed by atoms with E-state index in [4.69, 9.17) is 5.14 Å². The van der Waals surface area contributed by atoms with Crippen molar-refractivity contribution in [2.24, 2.45) is 5.14 Å². The first-order valence-corrected chi connectivity index (χ1v) is 7.43. The van der Waals surface area contributed by atoms with Crippen LogP contribution in [0.15, 0.2) is 17.0 Å². The predicted octanol–water partition coefficient (Wildman–Crippen LogP) is 1.48. The highest BCUT2D eigenvalue weighted by molar-refractivity contribution is 7.89. The molecule has 5 nitrogen and oxygen atoms in total. The van der Waals surface area contributed by atoms with Crippen molar-refractivity contribution in [3.05, 3.63) is 28.8 Å². The van der Waals surface area contributed by atoms with E-state index in [0.717, 1.165) is 0 Å². The van der Waals surface area contributed by atoms with E-state index in [1.54, 1.807) is 19.9 Å². The lowest BCUT2D eigenvalue weighted by atomic mass is 10.0. The zero-order chi connectivity index (χ0) is 15.0. The van der Waals surface area contributed by atoms with E-state index in [-0.39, 0.29) is 10.8 Å². The second-order valence-corrected chi connectivity index (χ2v) is 7.20. The fraction of sp³-hybridized carbons (Fsp3) is 0.462. The molecule has 6 heteroatoms. The van der Waals surface area contributed by atoms with E-state index < -0.39 is 15.6 Å². The van der Waals surface area contributed by atoms with Crippen molar-refractivity contribution < 1.29 is 13.2 Å². The molecule has 0 radical (unpaired) electrons. The van der Waals surface area contributed by atoms with Crippen LogP contribution in [0.4, 0.5) is 0 Å². The minimum atomic E-state index is -3.84. The molecule has 0 aliphatic heterocycles. The van der Waals surface area contributed by atoms with Crippen molar-refractivity contribution >= 4 is 15.9 Å². The van der Waals surface area contributed by atoms with Gasteiger partial charge in [0.1, 0.15) is 0 Å². The highest BCUT2D eigenvalue weighted by atomic mass is 32.2. The second kappa shape index (κ2) is 4.94. The van der Waals surface area contributed by atoms with Gasteiger partial charge in [-0.2, -0.15) is 0 Å². The molecule has 0 saturated carbocycles. The van der Waals surface area contributed by atoms with Crippen molar-refractivity contribution in [1.82, 2.24) is 5.32 Å². The number of rotatable bonds is 2. The largest absolute Gasteiger partial charge is 0.347 e. The van der Waals surface area contributed by atoms with E-state index in [1.807, 2.05) is 20.8 Å². The summed E-state index contributed by atoms with van der Waals surface area (Å²) in [5.74, 6) is -0.319. The minimum Gasteiger partial charge on any atom is -0.347 e. The number of hydrogen-bond acceptors (Lipinski definition) is 3. The Morgan fingerprint density at radius 2 is 1.74 bits per heavy atom. The number of aryl methyl sites for hydroxylation is 1. The van der Waals surface area contributed by atoms with Crippen LogP contribution >= 0.6 is 0 Å². The Bertz CT molecular complexity index is 614. The molecule has 0 aromatic heterocycles. The number of hydrogen-bond donors (Lipinski definition) is 2. The summed E-state index contributed by atoms with van der Waals surface area (Å²) in [5.41, 5.74) is 1.18. The van der Waals surface area contributed by atoms with Gasteiger partial charge < -0.3 is 5.32 Å². The van der Waals surface area contributed by atoms with Crippen molar-refractivity contribution in [2.45, 2.75) is 45.1 Å². The third kappa shape index (κ3) is 4.04. The van der Waals surface area contributed by atoms with Crippen LogP contribution in [0.5, 0.6) is 0 Å². The Morgan fingerprint density at radius 1 is 1.21 bits per heavy atom. The molecule has 19 heavy (non-hydrogen) atoms. The maximum atomic E-state index is 12.1. The van der Waals surface area contributed by atoms with Gasteiger partial charge in [0.2, 0.25) is 10.0 Å². The van der Waals surface area contributed by atoms with Gasteiger partial charge in [-0.3, -0.25) is 4.79 Å². The van der Waals surface area contributed by atoms with Crippen LogP contribution in [0.2, 0.25) is 0 Å². The lowest BCUT2D eigenvalue weighted by Crippen LogP contribution is -2.40. The van der Waals surface area contributed by atoms with Gasteiger partial charge in [0, 0.05) is 11.1 Å². The molecule has 0 aliphatic rings. The summed E-state index contributed by atoms with van der Waals surface area (Å²) in [6, 6.07) is 2.98. The summed E-state index contributed by atoms with van der Waals surface area (Å²) < 4.78 is 23.0. The van der Waals surface area contributed by atoms with Crippen molar-refractivity contribution in [2.75, 3.05) is 0 Å². The van der Waals surface area contributed by atoms with E-state index in [2.05, 4.69) is 5.32 Å². The molecule has 0 atom stereocenters. The molecule has 1 aromatic carbocycles. The molecule has 0 saturated heterocycles. The Kier molecular flexibility index (Phi) is 4.07. The van der Waals surface area contributed by atoms with Crippen LogP contribution in [0.3, 0.4) is 0 Å². The van der Waals surface area contributed by atoms with Gasteiger partial charge in [-0.1, -0.05) is 0 Å². The van der Waals surface area contributed by atoms with Gasteiger partial charge in [0.15, 0.2) is 0 Å². The van der Waals surface area contributed by atoms with E-state index >= 15 is 0 Å². The van der Waals surface area contributed by atoms with Crippen molar-refractivity contribution in [1.29, 1.82) is 0 Å². The lowest BCUT2D eigenvalue weighted by molar-refractivity contribution is 0.0919. The van der Waals surface area contributed by atoms with Crippen LogP contribution in [0, 0.1) is 13.8 Å². The molecule has 0 heterocycles. The normalized spacial score (nSPS) is 12.3. The smallest absolute Gasteiger partial charge is 0.251 e. The monoisotopic (exact) mass is 284 g/mol. The van der Waals surface area contributed by atoms with E-state index in [1.165, 1.54) is 6.07 Å². The Balaban J connectivity index is 3.33. The highest BCUT2D eigenvalue weighted by Crippen LogP contribution is 2.20. The SMILES string of the molecule is Cc1cc(C(=O)NC(C)(C)C)cc(S(N)(=O)=O)c1C. The number of nitrogens with two attached hydrogens (primary N) is 1. The predicted molar refractivity (Wildman–Crippen MR) is 74.5 cm³/mol. The number of carbonyl (C=O) groups is 1. The summed E-state index contributed by atoms with van der Waals surface area (Å²) in [5, 5.41) is 7.95. The first kappa shape index (κ1) is 15.7. The molecule has 0 fully saturated rings. The highest BCUT2D eigenvalue weighted by Gasteiger charge is 2.20. The number of benzene rings is 1. The minimum absolute atomic E-state index is 0.00782. The van der Waals surface area contributed by atoms with E-state index in [9.17, 15) is 13.2 Å². The topological polar surface area (TPSA) is 89.3 Å². The summed E-state index contributed by atoms with van der Waals surface area (Å²) in [6.07, 6.45) is 0. The third-order valence-electron chi connectivity index (χ3n) is 2.68. The summed E-state index contributed by atoms with van der Waals surface area (Å²) in [6.45, 7) is 8.98.